The third-order valence-electron chi connectivity index (χ3n) is 7.86. The number of allylic oxidation sites excluding steroid dienone is 2. The van der Waals surface area contributed by atoms with E-state index < -0.39 is 0 Å². The van der Waals surface area contributed by atoms with Gasteiger partial charge in [-0.1, -0.05) is 40.7 Å². The summed E-state index contributed by atoms with van der Waals surface area (Å²) in [6.07, 6.45) is 69.9. The SMILES string of the molecule is C1=CCN=C1.C1=CN=CC1.C1=CN=NC1.C1=NN=CC1.c1ccncc1.c1ccnnc1.c1ccoc1.c1ccsc1.c1cnccn1.c1cncnc1.c1cnncn1.c1cnoc1.c1cnsc1.c1cocn1.c1conn1.c1cscn1.c1ncncn1.c1ncon1.c1nnco1. The minimum Gasteiger partial charge on any atom is -0.473 e. The molecule has 0 bridgehead atoms. The first kappa shape index (κ1) is 85.0. The fourth-order valence-corrected chi connectivity index (χ4v) is 5.28. The molecule has 35 nitrogen and oxygen atoms in total. The number of nitrogens with zero attached hydrogens (tertiary/aromatic N) is 29. The molecule has 0 aliphatic carbocycles. The van der Waals surface area contributed by atoms with Crippen molar-refractivity contribution in [2.24, 2.45) is 30.4 Å². The van der Waals surface area contributed by atoms with Gasteiger partial charge < -0.3 is 26.8 Å². The molecule has 0 aromatic carbocycles. The molecule has 19 rings (SSSR count). The molecule has 0 N–H and O–H groups in total. The Labute approximate surface area is 591 Å². The molecular formula is C63H67N29O6S3. The lowest BCUT2D eigenvalue weighted by atomic mass is 10.5. The van der Waals surface area contributed by atoms with E-state index in [9.17, 15) is 0 Å². The Morgan fingerprint density at radius 1 is 0.327 bits per heavy atom. The number of thiophene rings is 1. The van der Waals surface area contributed by atoms with Crippen molar-refractivity contribution in [3.63, 3.8) is 0 Å². The third-order valence-corrected chi connectivity index (χ3v) is 9.53. The highest BCUT2D eigenvalue weighted by molar-refractivity contribution is 7.07. The second-order valence-electron chi connectivity index (χ2n) is 14.9. The first-order valence-electron chi connectivity index (χ1n) is 28.3. The topological polar surface area (TPSA) is 449 Å². The Bertz CT molecular complexity index is 2780. The monoisotopic (exact) mass is 1420 g/mol. The van der Waals surface area contributed by atoms with Crippen LogP contribution in [0.2, 0.25) is 0 Å². The molecule has 4 aliphatic rings. The molecule has 0 fully saturated rings. The largest absolute Gasteiger partial charge is 0.473 e. The Morgan fingerprint density at radius 3 is 1.22 bits per heavy atom. The predicted octanol–water partition coefficient (Wildman–Crippen LogP) is 12.1. The van der Waals surface area contributed by atoms with Gasteiger partial charge >= 0.3 is 0 Å². The molecule has 0 amide bonds. The Kier molecular flexibility index (Phi) is 69.1. The lowest BCUT2D eigenvalue weighted by molar-refractivity contribution is 0.393. The van der Waals surface area contributed by atoms with Crippen molar-refractivity contribution in [1.82, 2.24) is 115 Å². The van der Waals surface area contributed by atoms with E-state index in [4.69, 9.17) is 0 Å². The van der Waals surface area contributed by atoms with Crippen molar-refractivity contribution >= 4 is 59.1 Å². The maximum Gasteiger partial charge on any atom is 0.213 e. The van der Waals surface area contributed by atoms with Crippen LogP contribution in [0.15, 0.2) is 394 Å². The van der Waals surface area contributed by atoms with Gasteiger partial charge in [-0.15, -0.1) is 31.7 Å². The van der Waals surface area contributed by atoms with Gasteiger partial charge in [0.25, 0.3) is 0 Å². The van der Waals surface area contributed by atoms with Gasteiger partial charge in [0.05, 0.1) is 55.9 Å². The summed E-state index contributed by atoms with van der Waals surface area (Å²) in [5.74, 6) is 0. The fourth-order valence-electron chi connectivity index (χ4n) is 4.13. The van der Waals surface area contributed by atoms with Gasteiger partial charge in [0.2, 0.25) is 19.2 Å². The van der Waals surface area contributed by atoms with Crippen LogP contribution in [0.4, 0.5) is 0 Å². The first-order chi connectivity index (χ1) is 50.5. The number of thiazole rings is 1. The molecule has 0 spiro atoms. The second-order valence-corrected chi connectivity index (χ2v) is 17.2. The molecule has 38 heteroatoms. The molecule has 4 aliphatic heterocycles. The van der Waals surface area contributed by atoms with Gasteiger partial charge in [0, 0.05) is 147 Å². The summed E-state index contributed by atoms with van der Waals surface area (Å²) in [5.41, 5.74) is 1.79. The highest BCUT2D eigenvalue weighted by atomic mass is 32.1. The van der Waals surface area contributed by atoms with Crippen molar-refractivity contribution < 1.29 is 26.8 Å². The summed E-state index contributed by atoms with van der Waals surface area (Å²) in [5, 5.41) is 55.7. The third kappa shape index (κ3) is 80.2. The van der Waals surface area contributed by atoms with E-state index in [2.05, 4.69) is 173 Å². The van der Waals surface area contributed by atoms with Crippen LogP contribution in [-0.2, 0) is 0 Å². The van der Waals surface area contributed by atoms with Crippen molar-refractivity contribution in [3.05, 3.63) is 337 Å². The number of azo groups is 1. The van der Waals surface area contributed by atoms with Crippen LogP contribution in [0.3, 0.4) is 0 Å². The standard InChI is InChI=1S/C5H5N.3C4H4N2.2C4H5N.C4H4O.C4H4S.2C3H3N3.2C3H4N2.2C3H3NO.2C3H3NS.3C2H2N2O/c1-2-4-6-5-3-1;1-2-6-4-3-5-1;1-2-5-4-6-3-1;1-2-4-6-5-3-1;4*1-2-4-5-3-1;1-4-2-6-3-5-1;1-2-5-6-3-4-1;2*1-2-4-5-3-1;1-2-5-3-4-1;1-2-4-5-3-1;1-2-5-3-4-1;1-2-4-5-3-1;1-3-4-2-5-1;1-3-2-5-4-1;1-2-5-4-3-1/h1-5H;3*1-4H;1,3-4H,2H2;1-3H,4H2;2*1-4H;2*1-3H;2-3H,1H2;1-2H,3H2;4*1-3H;3*1-2H. The van der Waals surface area contributed by atoms with Crippen LogP contribution in [0.1, 0.15) is 12.8 Å². The zero-order valence-corrected chi connectivity index (χ0v) is 56.0. The maximum atomic E-state index is 4.58. The molecule has 518 valence electrons. The number of pyridine rings is 1. The van der Waals surface area contributed by atoms with Crippen LogP contribution < -0.4 is 0 Å². The first-order valence-corrected chi connectivity index (χ1v) is 31.0. The molecule has 0 unspecified atom stereocenters. The van der Waals surface area contributed by atoms with Gasteiger partial charge in [0.15, 0.2) is 12.7 Å². The maximum absolute atomic E-state index is 4.58. The van der Waals surface area contributed by atoms with E-state index in [1.165, 1.54) is 106 Å². The lowest BCUT2D eigenvalue weighted by Crippen LogP contribution is -1.75. The minimum absolute atomic E-state index is 0.778. The van der Waals surface area contributed by atoms with Gasteiger partial charge in [0.1, 0.15) is 50.4 Å². The number of hydrogen-bond acceptors (Lipinski definition) is 38. The molecule has 19 heterocycles. The normalized spacial score (nSPS) is 9.90. The van der Waals surface area contributed by atoms with Crippen LogP contribution in [0.25, 0.3) is 0 Å². The van der Waals surface area contributed by atoms with Crippen LogP contribution in [-0.4, -0.2) is 153 Å². The zero-order valence-electron chi connectivity index (χ0n) is 53.5. The highest BCUT2D eigenvalue weighted by Gasteiger charge is 1.77. The summed E-state index contributed by atoms with van der Waals surface area (Å²) in [7, 11) is 0. The Morgan fingerprint density at radius 2 is 1.03 bits per heavy atom. The molecule has 0 atom stereocenters. The van der Waals surface area contributed by atoms with Crippen molar-refractivity contribution in [2.45, 2.75) is 12.8 Å². The Balaban J connectivity index is 0.000000533. The van der Waals surface area contributed by atoms with E-state index in [1.807, 2.05) is 113 Å². The number of aliphatic imine (C=N–C) groups is 2. The molecule has 15 aromatic heterocycles. The molecule has 0 saturated carbocycles. The van der Waals surface area contributed by atoms with Crippen LogP contribution in [0.5, 0.6) is 0 Å². The summed E-state index contributed by atoms with van der Waals surface area (Å²) in [6, 6.07) is 22.5. The van der Waals surface area contributed by atoms with Gasteiger partial charge in [-0.2, -0.15) is 47.1 Å². The molecular weight excluding hydrogens is 1360 g/mol. The highest BCUT2D eigenvalue weighted by Crippen LogP contribution is 1.92. The second kappa shape index (κ2) is 82.1. The van der Waals surface area contributed by atoms with Gasteiger partial charge in [-0.3, -0.25) is 29.9 Å². The fraction of sp³-hybridized carbons (Fsp3) is 0.0635. The number of hydrogen-bond donors (Lipinski definition) is 0. The van der Waals surface area contributed by atoms with E-state index in [1.54, 1.807) is 177 Å². The van der Waals surface area contributed by atoms with Crippen LogP contribution in [0, 0.1) is 0 Å². The van der Waals surface area contributed by atoms with E-state index in [0.29, 0.717) is 0 Å². The smallest absolute Gasteiger partial charge is 0.213 e. The summed E-state index contributed by atoms with van der Waals surface area (Å²) >= 11 is 4.78. The van der Waals surface area contributed by atoms with Crippen molar-refractivity contribution in [2.75, 3.05) is 13.1 Å². The average Bonchev–Trinajstić information content (AvgIpc) is 4.61. The van der Waals surface area contributed by atoms with E-state index >= 15 is 0 Å². The summed E-state index contributed by atoms with van der Waals surface area (Å²) in [4.78, 5) is 51.2. The number of oxazole rings is 1. The molecule has 101 heavy (non-hydrogen) atoms. The van der Waals surface area contributed by atoms with Gasteiger partial charge in [-0.25, -0.2) is 44.2 Å². The quantitative estimate of drug-likeness (QED) is 0.136. The van der Waals surface area contributed by atoms with Crippen LogP contribution >= 0.6 is 34.2 Å². The molecule has 15 aromatic rings. The molecule has 0 radical (unpaired) electrons. The van der Waals surface area contributed by atoms with E-state index in [0.717, 1.165) is 25.9 Å². The van der Waals surface area contributed by atoms with Crippen molar-refractivity contribution in [1.29, 1.82) is 0 Å². The zero-order chi connectivity index (χ0) is 71.4. The van der Waals surface area contributed by atoms with Crippen molar-refractivity contribution in [3.8, 4) is 0 Å². The number of furan rings is 1. The number of rotatable bonds is 0. The number of aromatic nitrogens is 23. The van der Waals surface area contributed by atoms with E-state index in [-0.39, 0.29) is 0 Å². The average molecular weight is 1420 g/mol. The summed E-state index contributed by atoms with van der Waals surface area (Å²) in [6.45, 7) is 1.67. The van der Waals surface area contributed by atoms with Gasteiger partial charge in [-0.05, 0) is 89.0 Å². The predicted molar refractivity (Wildman–Crippen MR) is 378 cm³/mol. The molecule has 0 saturated heterocycles. The summed E-state index contributed by atoms with van der Waals surface area (Å²) < 4.78 is 30.0. The minimum atomic E-state index is 0.778. The lowest BCUT2D eigenvalue weighted by Gasteiger charge is -1.70. The Hall–Kier alpha value is -14.0.